The van der Waals surface area contributed by atoms with Crippen molar-refractivity contribution in [3.8, 4) is 0 Å². The first-order valence-corrected chi connectivity index (χ1v) is 4.09. The van der Waals surface area contributed by atoms with Gasteiger partial charge in [0.2, 0.25) is 0 Å². The molecule has 0 atom stereocenters. The van der Waals surface area contributed by atoms with Crippen LogP contribution in [0.15, 0.2) is 22.3 Å². The Bertz CT molecular complexity index is 345. The van der Waals surface area contributed by atoms with Gasteiger partial charge in [-0.15, -0.1) is 0 Å². The van der Waals surface area contributed by atoms with Gasteiger partial charge in [0, 0.05) is 12.0 Å². The van der Waals surface area contributed by atoms with Gasteiger partial charge in [-0.25, -0.2) is 4.79 Å². The summed E-state index contributed by atoms with van der Waals surface area (Å²) in [5.74, 6) is -0.912. The SMILES string of the molecule is CC1=C(C)/C(=C(\C)C(=O)O)CC1=O. The Balaban J connectivity index is 3.21. The van der Waals surface area contributed by atoms with Crippen LogP contribution in [0.2, 0.25) is 0 Å². The Morgan fingerprint density at radius 1 is 1.31 bits per heavy atom. The van der Waals surface area contributed by atoms with Crippen LogP contribution in [0.25, 0.3) is 0 Å². The highest BCUT2D eigenvalue weighted by Crippen LogP contribution is 2.30. The van der Waals surface area contributed by atoms with E-state index in [4.69, 9.17) is 5.11 Å². The van der Waals surface area contributed by atoms with Crippen LogP contribution in [-0.2, 0) is 9.59 Å². The maximum absolute atomic E-state index is 11.2. The minimum Gasteiger partial charge on any atom is -0.478 e. The fourth-order valence-electron chi connectivity index (χ4n) is 1.40. The zero-order chi connectivity index (χ0) is 10.2. The van der Waals surface area contributed by atoms with E-state index in [1.54, 1.807) is 13.8 Å². The van der Waals surface area contributed by atoms with Crippen LogP contribution in [0.5, 0.6) is 0 Å². The van der Waals surface area contributed by atoms with Gasteiger partial charge < -0.3 is 5.11 Å². The smallest absolute Gasteiger partial charge is 0.331 e. The molecule has 0 heterocycles. The molecular weight excluding hydrogens is 168 g/mol. The summed E-state index contributed by atoms with van der Waals surface area (Å²) in [4.78, 5) is 21.9. The molecule has 0 spiro atoms. The fourth-order valence-corrected chi connectivity index (χ4v) is 1.40. The lowest BCUT2D eigenvalue weighted by Crippen LogP contribution is -2.01. The minimum atomic E-state index is -0.947. The van der Waals surface area contributed by atoms with Crippen LogP contribution in [0, 0.1) is 0 Å². The summed E-state index contributed by atoms with van der Waals surface area (Å²) in [5, 5.41) is 8.74. The molecule has 0 aromatic carbocycles. The predicted molar refractivity (Wildman–Crippen MR) is 48.3 cm³/mol. The van der Waals surface area contributed by atoms with Crippen molar-refractivity contribution in [3.05, 3.63) is 22.3 Å². The third-order valence-corrected chi connectivity index (χ3v) is 2.54. The van der Waals surface area contributed by atoms with E-state index in [1.807, 2.05) is 0 Å². The van der Waals surface area contributed by atoms with Crippen molar-refractivity contribution in [1.82, 2.24) is 0 Å². The molecule has 1 N–H and O–H groups in total. The molecule has 3 heteroatoms. The van der Waals surface area contributed by atoms with Crippen LogP contribution in [0.1, 0.15) is 27.2 Å². The number of carbonyl (C=O) groups is 2. The zero-order valence-electron chi connectivity index (χ0n) is 7.97. The Labute approximate surface area is 76.8 Å². The van der Waals surface area contributed by atoms with Crippen molar-refractivity contribution in [1.29, 1.82) is 0 Å². The van der Waals surface area contributed by atoms with E-state index in [1.165, 1.54) is 6.92 Å². The van der Waals surface area contributed by atoms with Crippen molar-refractivity contribution in [3.63, 3.8) is 0 Å². The molecule has 0 aliphatic heterocycles. The minimum absolute atomic E-state index is 0.0353. The number of rotatable bonds is 1. The Hall–Kier alpha value is -1.38. The summed E-state index contributed by atoms with van der Waals surface area (Å²) in [6.45, 7) is 5.06. The van der Waals surface area contributed by atoms with E-state index in [9.17, 15) is 9.59 Å². The van der Waals surface area contributed by atoms with Crippen LogP contribution in [0.3, 0.4) is 0 Å². The van der Waals surface area contributed by atoms with E-state index < -0.39 is 5.97 Å². The van der Waals surface area contributed by atoms with Crippen LogP contribution >= 0.6 is 0 Å². The second-order valence-electron chi connectivity index (χ2n) is 3.26. The number of aliphatic carboxylic acids is 1. The van der Waals surface area contributed by atoms with Crippen molar-refractivity contribution in [2.45, 2.75) is 27.2 Å². The normalized spacial score (nSPS) is 21.0. The average molecular weight is 180 g/mol. The fraction of sp³-hybridized carbons (Fsp3) is 0.400. The molecule has 0 aromatic heterocycles. The van der Waals surface area contributed by atoms with E-state index in [2.05, 4.69) is 0 Å². The van der Waals surface area contributed by atoms with Gasteiger partial charge in [0.1, 0.15) is 0 Å². The van der Waals surface area contributed by atoms with Gasteiger partial charge in [-0.2, -0.15) is 0 Å². The molecular formula is C10H12O3. The van der Waals surface area contributed by atoms with Crippen LogP contribution < -0.4 is 0 Å². The van der Waals surface area contributed by atoms with Gasteiger partial charge in [0.05, 0.1) is 0 Å². The summed E-state index contributed by atoms with van der Waals surface area (Å²) in [5.41, 5.74) is 2.47. The molecule has 70 valence electrons. The molecule has 0 saturated carbocycles. The van der Waals surface area contributed by atoms with Gasteiger partial charge in [0.15, 0.2) is 5.78 Å². The predicted octanol–water partition coefficient (Wildman–Crippen LogP) is 1.70. The number of ketones is 1. The van der Waals surface area contributed by atoms with Crippen LogP contribution in [-0.4, -0.2) is 16.9 Å². The number of carbonyl (C=O) groups excluding carboxylic acids is 1. The van der Waals surface area contributed by atoms with Gasteiger partial charge in [-0.1, -0.05) is 0 Å². The van der Waals surface area contributed by atoms with Gasteiger partial charge in [0.25, 0.3) is 0 Å². The molecule has 0 bridgehead atoms. The molecule has 13 heavy (non-hydrogen) atoms. The number of carboxylic acid groups (broad SMARTS) is 1. The Morgan fingerprint density at radius 2 is 1.85 bits per heavy atom. The maximum Gasteiger partial charge on any atom is 0.331 e. The van der Waals surface area contributed by atoms with Gasteiger partial charge >= 0.3 is 5.97 Å². The molecule has 0 aromatic rings. The standard InChI is InChI=1S/C10H12O3/c1-5-6(2)9(11)4-8(5)7(3)10(12)13/h4H2,1-3H3,(H,12,13)/b8-7+. The van der Waals surface area contributed by atoms with Crippen molar-refractivity contribution in [2.75, 3.05) is 0 Å². The third kappa shape index (κ3) is 1.54. The number of carboxylic acids is 1. The first-order valence-electron chi connectivity index (χ1n) is 4.09. The van der Waals surface area contributed by atoms with Crippen LogP contribution in [0.4, 0.5) is 0 Å². The Morgan fingerprint density at radius 3 is 2.15 bits per heavy atom. The quantitative estimate of drug-likeness (QED) is 0.625. The van der Waals surface area contributed by atoms with Gasteiger partial charge in [-0.05, 0) is 37.5 Å². The second-order valence-corrected chi connectivity index (χ2v) is 3.26. The molecule has 1 aliphatic carbocycles. The highest BCUT2D eigenvalue weighted by molar-refractivity contribution is 6.04. The van der Waals surface area contributed by atoms with E-state index >= 15 is 0 Å². The average Bonchev–Trinajstić information content (AvgIpc) is 2.31. The summed E-state index contributed by atoms with van der Waals surface area (Å²) in [7, 11) is 0. The summed E-state index contributed by atoms with van der Waals surface area (Å²) >= 11 is 0. The Kier molecular flexibility index (Phi) is 2.36. The first-order chi connectivity index (χ1) is 5.95. The molecule has 0 amide bonds. The molecule has 0 radical (unpaired) electrons. The number of hydrogen-bond donors (Lipinski definition) is 1. The molecule has 0 saturated heterocycles. The molecule has 1 rings (SSSR count). The van der Waals surface area contributed by atoms with Crippen molar-refractivity contribution in [2.24, 2.45) is 0 Å². The summed E-state index contributed by atoms with van der Waals surface area (Å²) in [6, 6.07) is 0. The highest BCUT2D eigenvalue weighted by Gasteiger charge is 2.24. The maximum atomic E-state index is 11.2. The first kappa shape index (κ1) is 9.71. The lowest BCUT2D eigenvalue weighted by atomic mass is 10.0. The van der Waals surface area contributed by atoms with Gasteiger partial charge in [-0.3, -0.25) is 4.79 Å². The topological polar surface area (TPSA) is 54.4 Å². The number of hydrogen-bond acceptors (Lipinski definition) is 2. The summed E-state index contributed by atoms with van der Waals surface area (Å²) < 4.78 is 0. The lowest BCUT2D eigenvalue weighted by molar-refractivity contribution is -0.132. The second kappa shape index (κ2) is 3.17. The summed E-state index contributed by atoms with van der Waals surface area (Å²) in [6.07, 6.45) is 0.246. The zero-order valence-corrected chi connectivity index (χ0v) is 7.97. The van der Waals surface area contributed by atoms with E-state index in [0.29, 0.717) is 11.1 Å². The number of Topliss-reactive ketones (excluding diaryl/α,β-unsaturated/α-hetero) is 1. The lowest BCUT2D eigenvalue weighted by Gasteiger charge is -2.01. The number of allylic oxidation sites excluding steroid dienone is 3. The van der Waals surface area contributed by atoms with Crippen molar-refractivity contribution >= 4 is 11.8 Å². The van der Waals surface area contributed by atoms with Crippen molar-refractivity contribution < 1.29 is 14.7 Å². The molecule has 3 nitrogen and oxygen atoms in total. The highest BCUT2D eigenvalue weighted by atomic mass is 16.4. The largest absolute Gasteiger partial charge is 0.478 e. The van der Waals surface area contributed by atoms with E-state index in [-0.39, 0.29) is 17.8 Å². The third-order valence-electron chi connectivity index (χ3n) is 2.54. The molecule has 0 fully saturated rings. The molecule has 0 unspecified atom stereocenters. The monoisotopic (exact) mass is 180 g/mol. The van der Waals surface area contributed by atoms with E-state index in [0.717, 1.165) is 5.57 Å². The molecule has 1 aliphatic rings.